The highest BCUT2D eigenvalue weighted by molar-refractivity contribution is 6.90. The number of methoxy groups -OCH3 is 2. The molecule has 5 amide bonds. The first-order valence-corrected chi connectivity index (χ1v) is 36.9. The summed E-state index contributed by atoms with van der Waals surface area (Å²) < 4.78 is 64.5. The molecule has 5 saturated heterocycles. The number of ether oxygens (including phenoxy) is 5. The van der Waals surface area contributed by atoms with Gasteiger partial charge in [0.2, 0.25) is 5.91 Å². The van der Waals surface area contributed by atoms with Crippen molar-refractivity contribution in [1.82, 2.24) is 39.9 Å². The van der Waals surface area contributed by atoms with E-state index < -0.39 is 43.0 Å². The fourth-order valence-corrected chi connectivity index (χ4v) is 21.7. The Hall–Kier alpha value is -7.45. The molecule has 3 atom stereocenters. The molecular formula is C74H98F2N10O9Si. The molecule has 5 aliphatic heterocycles. The third-order valence-electron chi connectivity index (χ3n) is 21.6. The number of urea groups is 1. The number of hydrogen-bond donors (Lipinski definition) is 1. The second-order valence-electron chi connectivity index (χ2n) is 29.8. The molecular weight excluding hydrogens is 1240 g/mol. The number of carbonyl (C=O) groups excluding carboxylic acids is 4. The Morgan fingerprint density at radius 3 is 2.22 bits per heavy atom. The van der Waals surface area contributed by atoms with Crippen molar-refractivity contribution in [2.24, 2.45) is 17.3 Å². The van der Waals surface area contributed by atoms with Crippen molar-refractivity contribution in [1.29, 1.82) is 0 Å². The summed E-state index contributed by atoms with van der Waals surface area (Å²) in [6.45, 7) is 33.3. The lowest BCUT2D eigenvalue weighted by molar-refractivity contribution is -0.120. The van der Waals surface area contributed by atoms with Crippen LogP contribution in [0, 0.1) is 40.3 Å². The Kier molecular flexibility index (Phi) is 20.8. The van der Waals surface area contributed by atoms with Crippen LogP contribution >= 0.6 is 0 Å². The zero-order valence-corrected chi connectivity index (χ0v) is 59.4. The Morgan fingerprint density at radius 2 is 1.56 bits per heavy atom. The minimum atomic E-state index is -2.37. The van der Waals surface area contributed by atoms with Crippen LogP contribution in [-0.4, -0.2) is 183 Å². The molecule has 3 aromatic carbocycles. The number of pyridine rings is 1. The lowest BCUT2D eigenvalue weighted by atomic mass is 9.65. The van der Waals surface area contributed by atoms with Gasteiger partial charge in [-0.3, -0.25) is 29.7 Å². The van der Waals surface area contributed by atoms with E-state index in [2.05, 4.69) is 86.5 Å². The van der Waals surface area contributed by atoms with Gasteiger partial charge >= 0.3 is 18.1 Å². The van der Waals surface area contributed by atoms with Crippen LogP contribution in [0.15, 0.2) is 61.3 Å². The topological polar surface area (TPSA) is 185 Å². The zero-order chi connectivity index (χ0) is 68.6. The average Bonchev–Trinajstić information content (AvgIpc) is 1.44. The summed E-state index contributed by atoms with van der Waals surface area (Å²) in [6.07, 6.45) is 11.1. The summed E-state index contributed by atoms with van der Waals surface area (Å²) in [7, 11) is 0.671. The molecule has 11 rings (SSSR count). The van der Waals surface area contributed by atoms with Gasteiger partial charge in [-0.05, 0) is 142 Å². The molecule has 1 N–H and O–H groups in total. The molecule has 7 heterocycles. The van der Waals surface area contributed by atoms with E-state index in [4.69, 9.17) is 38.6 Å². The highest BCUT2D eigenvalue weighted by Crippen LogP contribution is 2.49. The van der Waals surface area contributed by atoms with E-state index >= 15 is 8.78 Å². The van der Waals surface area contributed by atoms with Gasteiger partial charge in [-0.25, -0.2) is 18.4 Å². The number of carbonyl (C=O) groups is 4. The van der Waals surface area contributed by atoms with Crippen molar-refractivity contribution < 1.29 is 51.6 Å². The van der Waals surface area contributed by atoms with Crippen LogP contribution in [0.2, 0.25) is 16.6 Å². The van der Waals surface area contributed by atoms with E-state index in [1.807, 2.05) is 36.6 Å². The van der Waals surface area contributed by atoms with E-state index in [0.29, 0.717) is 89.7 Å². The van der Waals surface area contributed by atoms with Crippen molar-refractivity contribution in [3.63, 3.8) is 0 Å². The third kappa shape index (κ3) is 14.3. The molecule has 516 valence electrons. The number of likely N-dealkylation sites (tertiary alicyclic amines) is 1. The van der Waals surface area contributed by atoms with Gasteiger partial charge in [0.05, 0.1) is 41.9 Å². The summed E-state index contributed by atoms with van der Waals surface area (Å²) in [5, 5.41) is 3.71. The van der Waals surface area contributed by atoms with E-state index in [1.54, 1.807) is 42.6 Å². The number of imide groups is 1. The largest absolute Gasteiger partial charge is 0.495 e. The van der Waals surface area contributed by atoms with Crippen LogP contribution in [0.5, 0.6) is 17.5 Å². The molecule has 2 unspecified atom stereocenters. The highest BCUT2D eigenvalue weighted by Gasteiger charge is 2.54. The maximum absolute atomic E-state index is 18.4. The summed E-state index contributed by atoms with van der Waals surface area (Å²) in [5.74, 6) is 3.64. The number of nitrogens with zero attached hydrogens (tertiary/aromatic N) is 9. The minimum absolute atomic E-state index is 0.000659. The minimum Gasteiger partial charge on any atom is -0.495 e. The average molecular weight is 1340 g/mol. The Morgan fingerprint density at radius 1 is 0.854 bits per heavy atom. The van der Waals surface area contributed by atoms with E-state index in [-0.39, 0.29) is 101 Å². The predicted molar refractivity (Wildman–Crippen MR) is 372 cm³/mol. The van der Waals surface area contributed by atoms with Crippen molar-refractivity contribution >= 4 is 65.2 Å². The second-order valence-corrected chi connectivity index (χ2v) is 35.4. The van der Waals surface area contributed by atoms with E-state index in [0.717, 1.165) is 65.0 Å². The quantitative estimate of drug-likeness (QED) is 0.0356. The lowest BCUT2D eigenvalue weighted by Crippen LogP contribution is -2.63. The number of piperidine rings is 1. The van der Waals surface area contributed by atoms with Gasteiger partial charge in [0.25, 0.3) is 5.91 Å². The molecule has 19 nitrogen and oxygen atoms in total. The van der Waals surface area contributed by atoms with Crippen LogP contribution in [0.1, 0.15) is 143 Å². The lowest BCUT2D eigenvalue weighted by Gasteiger charge is -2.48. The van der Waals surface area contributed by atoms with Crippen LogP contribution in [0.4, 0.5) is 29.9 Å². The van der Waals surface area contributed by atoms with Gasteiger partial charge < -0.3 is 43.3 Å². The predicted octanol–water partition coefficient (Wildman–Crippen LogP) is 13.0. The molecule has 2 bridgehead atoms. The molecule has 6 aliphatic rings. The fourth-order valence-electron chi connectivity index (χ4n) is 16.5. The SMILES string of the molecule is C=CC12CCC(CN(c3nc(OC[C@H](C)CN4CCN(CC5CCC6(CC5)CCN(C(=O)c5ccc(OC)c(N7CCC(=O)NC7=O)c5)CC6)CC4)nc4c(F)c(-c5cc(OCOC)cc6ccc(F)c(C#C[Si](C(C)C)(C(C)C)C(C)C)c56)ncc34)C1)N2C(=O)OC(C)(C)C. The maximum Gasteiger partial charge on any atom is 0.411 e. The number of anilines is 2. The Bertz CT molecular complexity index is 3790. The van der Waals surface area contributed by atoms with Crippen LogP contribution < -0.4 is 29.3 Å². The first kappa shape index (κ1) is 69.9. The zero-order valence-electron chi connectivity index (χ0n) is 58.4. The number of halogens is 2. The number of amides is 5. The standard InChI is InChI=1S/C74H98F2N10O9Si/c1-14-74-26-21-54(86(74)71(90)95-72(9,10)11)43-84(45-74)67-58-40-77-65(57-39-55(94-46-91-12)37-52-15-17-59(75)56(63(52)57)23-36-96(47(2)3,48(4)5)49(6)7)64(76)66(58)79-69(80-67)93-44-50(8)41-81-32-34-82(35-33-81)42-51-19-24-73(25-20-51)27-30-83(31-28-73)68(88)53-16-18-61(92-13)60(38-53)85-29-22-62(87)78-70(85)89/h14-18,37-40,47-51,54H,1,19-22,24-35,41-46H2,2-13H3,(H,78,87,89)/t50-,54?,74?/m1/s1. The fraction of sp³-hybridized carbons (Fsp3) is 0.581. The third-order valence-corrected chi connectivity index (χ3v) is 27.9. The summed E-state index contributed by atoms with van der Waals surface area (Å²) in [4.78, 5) is 79.7. The molecule has 0 radical (unpaired) electrons. The summed E-state index contributed by atoms with van der Waals surface area (Å²) in [6, 6.07) is 10.9. The van der Waals surface area contributed by atoms with Crippen molar-refractivity contribution in [3.8, 4) is 40.2 Å². The molecule has 6 fully saturated rings. The smallest absolute Gasteiger partial charge is 0.411 e. The number of rotatable bonds is 19. The molecule has 5 aromatic rings. The van der Waals surface area contributed by atoms with Gasteiger partial charge in [-0.1, -0.05) is 66.5 Å². The van der Waals surface area contributed by atoms with Crippen LogP contribution in [-0.2, 0) is 14.3 Å². The normalized spacial score (nSPS) is 20.9. The van der Waals surface area contributed by atoms with Gasteiger partial charge in [0, 0.05) is 114 Å². The van der Waals surface area contributed by atoms with Gasteiger partial charge in [-0.2, -0.15) is 9.97 Å². The van der Waals surface area contributed by atoms with Crippen LogP contribution in [0.3, 0.4) is 0 Å². The number of aromatic nitrogens is 3. The Labute approximate surface area is 565 Å². The van der Waals surface area contributed by atoms with E-state index in [9.17, 15) is 19.2 Å². The van der Waals surface area contributed by atoms with Crippen LogP contribution in [0.25, 0.3) is 32.9 Å². The molecule has 1 aliphatic carbocycles. The van der Waals surface area contributed by atoms with Gasteiger partial charge in [-0.15, -0.1) is 12.1 Å². The number of nitrogens with one attached hydrogen (secondary N) is 1. The number of benzene rings is 3. The highest BCUT2D eigenvalue weighted by atomic mass is 28.3. The van der Waals surface area contributed by atoms with Gasteiger partial charge in [0.1, 0.15) is 48.0 Å². The summed E-state index contributed by atoms with van der Waals surface area (Å²) in [5.41, 5.74) is 4.59. The van der Waals surface area contributed by atoms with E-state index in [1.165, 1.54) is 38.0 Å². The van der Waals surface area contributed by atoms with Crippen molar-refractivity contribution in [2.75, 3.05) is 109 Å². The summed E-state index contributed by atoms with van der Waals surface area (Å²) >= 11 is 0. The van der Waals surface area contributed by atoms with Crippen molar-refractivity contribution in [2.45, 2.75) is 161 Å². The first-order valence-electron chi connectivity index (χ1n) is 34.6. The maximum atomic E-state index is 18.4. The molecule has 2 aromatic heterocycles. The monoisotopic (exact) mass is 1340 g/mol. The van der Waals surface area contributed by atoms with Crippen molar-refractivity contribution in [3.05, 3.63) is 84.1 Å². The number of hydrogen-bond acceptors (Lipinski definition) is 15. The molecule has 1 spiro atoms. The number of piperazine rings is 2. The molecule has 22 heteroatoms. The first-order chi connectivity index (χ1) is 45.8. The second kappa shape index (κ2) is 28.6. The molecule has 96 heavy (non-hydrogen) atoms. The molecule has 1 saturated carbocycles. The Balaban J connectivity index is 0.784. The van der Waals surface area contributed by atoms with Gasteiger partial charge in [0.15, 0.2) is 12.6 Å². The number of fused-ring (bicyclic) bond motifs is 4.